The number of hydrogen-bond donors (Lipinski definition) is 3. The Labute approximate surface area is 91.9 Å². The molecule has 0 saturated carbocycles. The van der Waals surface area contributed by atoms with Crippen molar-refractivity contribution in [1.82, 2.24) is 0 Å². The van der Waals surface area contributed by atoms with Crippen LogP contribution >= 0.6 is 0 Å². The van der Waals surface area contributed by atoms with E-state index in [2.05, 4.69) is 0 Å². The van der Waals surface area contributed by atoms with Crippen molar-refractivity contribution in [3.8, 4) is 5.75 Å². The Bertz CT molecular complexity index is 299. The van der Waals surface area contributed by atoms with Crippen molar-refractivity contribution in [2.45, 2.75) is 12.5 Å². The summed E-state index contributed by atoms with van der Waals surface area (Å²) in [5.74, 6) is -0.860. The van der Waals surface area contributed by atoms with Gasteiger partial charge in [0.2, 0.25) is 0 Å². The zero-order valence-electron chi connectivity index (χ0n) is 7.31. The monoisotopic (exact) mass is 240 g/mol. The fraction of sp³-hybridized carbons (Fsp3) is 0.222. The summed E-state index contributed by atoms with van der Waals surface area (Å²) in [4.78, 5) is 10.4. The van der Waals surface area contributed by atoms with Crippen LogP contribution in [0.5, 0.6) is 5.75 Å². The summed E-state index contributed by atoms with van der Waals surface area (Å²) < 4.78 is 0. The number of carbonyl (C=O) groups is 1. The molecule has 0 saturated heterocycles. The van der Waals surface area contributed by atoms with Gasteiger partial charge in [-0.1, -0.05) is 12.1 Å². The molecule has 14 heavy (non-hydrogen) atoms. The maximum absolute atomic E-state index is 10.4. The Morgan fingerprint density at radius 2 is 1.86 bits per heavy atom. The molecule has 1 unspecified atom stereocenters. The Hall–Kier alpha value is -1.04. The van der Waals surface area contributed by atoms with Crippen LogP contribution in [0.1, 0.15) is 5.56 Å². The molecular formula is C9H11CoNO3. The third kappa shape index (κ3) is 3.78. The number of benzene rings is 1. The molecule has 0 heterocycles. The van der Waals surface area contributed by atoms with Gasteiger partial charge in [0, 0.05) is 16.8 Å². The molecular weight excluding hydrogens is 229 g/mol. The summed E-state index contributed by atoms with van der Waals surface area (Å²) in [6.07, 6.45) is 0.273. The van der Waals surface area contributed by atoms with Crippen LogP contribution in [-0.4, -0.2) is 22.2 Å². The number of rotatable bonds is 3. The second kappa shape index (κ2) is 5.64. The van der Waals surface area contributed by atoms with Gasteiger partial charge in [0.05, 0.1) is 0 Å². The molecule has 1 atom stereocenters. The molecule has 0 spiro atoms. The predicted molar refractivity (Wildman–Crippen MR) is 47.4 cm³/mol. The number of aliphatic carboxylic acids is 1. The Morgan fingerprint density at radius 3 is 2.29 bits per heavy atom. The summed E-state index contributed by atoms with van der Waals surface area (Å²) in [5, 5.41) is 17.5. The van der Waals surface area contributed by atoms with Crippen LogP contribution in [-0.2, 0) is 28.0 Å². The van der Waals surface area contributed by atoms with Crippen LogP contribution in [0.4, 0.5) is 0 Å². The van der Waals surface area contributed by atoms with E-state index in [0.29, 0.717) is 0 Å². The molecule has 1 rings (SSSR count). The molecule has 0 fully saturated rings. The van der Waals surface area contributed by atoms with Crippen molar-refractivity contribution in [1.29, 1.82) is 0 Å². The van der Waals surface area contributed by atoms with Gasteiger partial charge in [0.25, 0.3) is 0 Å². The first-order chi connectivity index (χ1) is 6.09. The molecule has 79 valence electrons. The summed E-state index contributed by atoms with van der Waals surface area (Å²) >= 11 is 0. The Balaban J connectivity index is 0.00000169. The fourth-order valence-corrected chi connectivity index (χ4v) is 0.973. The van der Waals surface area contributed by atoms with E-state index < -0.39 is 12.0 Å². The first kappa shape index (κ1) is 13.0. The second-order valence-electron chi connectivity index (χ2n) is 2.82. The molecule has 0 bridgehead atoms. The van der Waals surface area contributed by atoms with Gasteiger partial charge in [-0.25, -0.2) is 0 Å². The molecule has 5 heteroatoms. The average molecular weight is 240 g/mol. The SMILES string of the molecule is NC(Cc1ccc(O)cc1)C(=O)O.[Co]. The zero-order chi connectivity index (χ0) is 9.84. The molecule has 4 nitrogen and oxygen atoms in total. The maximum Gasteiger partial charge on any atom is 0.320 e. The summed E-state index contributed by atoms with van der Waals surface area (Å²) in [5.41, 5.74) is 6.12. The average Bonchev–Trinajstić information content (AvgIpc) is 2.08. The van der Waals surface area contributed by atoms with E-state index >= 15 is 0 Å². The van der Waals surface area contributed by atoms with E-state index in [1.54, 1.807) is 12.1 Å². The second-order valence-corrected chi connectivity index (χ2v) is 2.82. The van der Waals surface area contributed by atoms with Crippen molar-refractivity contribution in [2.75, 3.05) is 0 Å². The van der Waals surface area contributed by atoms with Crippen molar-refractivity contribution < 1.29 is 31.8 Å². The van der Waals surface area contributed by atoms with E-state index in [-0.39, 0.29) is 28.9 Å². The molecule has 0 aromatic heterocycles. The number of phenols is 1. The fourth-order valence-electron chi connectivity index (χ4n) is 0.973. The van der Waals surface area contributed by atoms with Crippen LogP contribution in [0.15, 0.2) is 24.3 Å². The smallest absolute Gasteiger partial charge is 0.320 e. The minimum Gasteiger partial charge on any atom is -0.508 e. The van der Waals surface area contributed by atoms with E-state index in [4.69, 9.17) is 15.9 Å². The third-order valence-electron chi connectivity index (χ3n) is 1.71. The van der Waals surface area contributed by atoms with Gasteiger partial charge in [-0.15, -0.1) is 0 Å². The number of nitrogens with two attached hydrogens (primary N) is 1. The van der Waals surface area contributed by atoms with Crippen molar-refractivity contribution in [2.24, 2.45) is 5.73 Å². The number of hydrogen-bond acceptors (Lipinski definition) is 3. The van der Waals surface area contributed by atoms with E-state index in [0.717, 1.165) is 5.56 Å². The molecule has 4 N–H and O–H groups in total. The number of carboxylic acids is 1. The van der Waals surface area contributed by atoms with Crippen molar-refractivity contribution in [3.05, 3.63) is 29.8 Å². The molecule has 0 amide bonds. The predicted octanol–water partition coefficient (Wildman–Crippen LogP) is 0.344. The molecule has 1 radical (unpaired) electrons. The topological polar surface area (TPSA) is 83.5 Å². The maximum atomic E-state index is 10.4. The quantitative estimate of drug-likeness (QED) is 0.711. The number of phenolic OH excluding ortho intramolecular Hbond substituents is 1. The van der Waals surface area contributed by atoms with E-state index in [9.17, 15) is 4.79 Å². The standard InChI is InChI=1S/C9H11NO3.Co/c10-8(9(12)13)5-6-1-3-7(11)4-2-6;/h1-4,8,11H,5,10H2,(H,12,13);. The normalized spacial score (nSPS) is 11.5. The van der Waals surface area contributed by atoms with Crippen LogP contribution < -0.4 is 5.73 Å². The minimum absolute atomic E-state index is 0. The minimum atomic E-state index is -1.02. The zero-order valence-corrected chi connectivity index (χ0v) is 8.35. The summed E-state index contributed by atoms with van der Waals surface area (Å²) in [7, 11) is 0. The van der Waals surface area contributed by atoms with Crippen LogP contribution in [0.25, 0.3) is 0 Å². The number of carboxylic acid groups (broad SMARTS) is 1. The summed E-state index contributed by atoms with van der Waals surface area (Å²) in [6.45, 7) is 0. The van der Waals surface area contributed by atoms with Gasteiger partial charge in [-0.3, -0.25) is 4.79 Å². The van der Waals surface area contributed by atoms with Gasteiger partial charge in [0.1, 0.15) is 11.8 Å². The van der Waals surface area contributed by atoms with Crippen molar-refractivity contribution >= 4 is 5.97 Å². The summed E-state index contributed by atoms with van der Waals surface area (Å²) in [6, 6.07) is 5.42. The molecule has 1 aromatic carbocycles. The first-order valence-electron chi connectivity index (χ1n) is 3.86. The van der Waals surface area contributed by atoms with Crippen LogP contribution in [0, 0.1) is 0 Å². The molecule has 1 aromatic rings. The van der Waals surface area contributed by atoms with Gasteiger partial charge in [-0.05, 0) is 24.1 Å². The van der Waals surface area contributed by atoms with E-state index in [1.165, 1.54) is 12.1 Å². The van der Waals surface area contributed by atoms with Gasteiger partial charge in [-0.2, -0.15) is 0 Å². The van der Waals surface area contributed by atoms with Gasteiger partial charge in [0.15, 0.2) is 0 Å². The van der Waals surface area contributed by atoms with Crippen LogP contribution in [0.2, 0.25) is 0 Å². The van der Waals surface area contributed by atoms with Crippen LogP contribution in [0.3, 0.4) is 0 Å². The van der Waals surface area contributed by atoms with Crippen molar-refractivity contribution in [3.63, 3.8) is 0 Å². The third-order valence-corrected chi connectivity index (χ3v) is 1.71. The van der Waals surface area contributed by atoms with Gasteiger partial charge < -0.3 is 15.9 Å². The molecule has 0 aliphatic carbocycles. The molecule has 0 aliphatic rings. The largest absolute Gasteiger partial charge is 0.508 e. The van der Waals surface area contributed by atoms with E-state index in [1.807, 2.05) is 0 Å². The Morgan fingerprint density at radius 1 is 1.36 bits per heavy atom. The Kier molecular flexibility index (Phi) is 5.22. The molecule has 0 aliphatic heterocycles. The first-order valence-corrected chi connectivity index (χ1v) is 3.86. The van der Waals surface area contributed by atoms with Gasteiger partial charge >= 0.3 is 5.97 Å². The number of aromatic hydroxyl groups is 1.